The first-order chi connectivity index (χ1) is 12.1. The van der Waals surface area contributed by atoms with Crippen molar-refractivity contribution < 1.29 is 0 Å². The number of nitriles is 1. The van der Waals surface area contributed by atoms with Gasteiger partial charge in [0.25, 0.3) is 0 Å². The van der Waals surface area contributed by atoms with E-state index in [1.54, 1.807) is 0 Å². The van der Waals surface area contributed by atoms with Crippen molar-refractivity contribution in [2.75, 3.05) is 5.32 Å². The SMILES string of the molecule is CC1(C)c2ccccc2-c2ccc(NC3=CC=CC=C(C#N)C3)cc21. The first-order valence-electron chi connectivity index (χ1n) is 8.57. The van der Waals surface area contributed by atoms with Crippen LogP contribution in [-0.4, -0.2) is 0 Å². The van der Waals surface area contributed by atoms with Crippen molar-refractivity contribution in [1.82, 2.24) is 0 Å². The van der Waals surface area contributed by atoms with Gasteiger partial charge in [0.05, 0.1) is 6.07 Å². The molecule has 0 atom stereocenters. The lowest BCUT2D eigenvalue weighted by Gasteiger charge is -2.22. The van der Waals surface area contributed by atoms with Crippen molar-refractivity contribution in [2.45, 2.75) is 25.7 Å². The maximum absolute atomic E-state index is 9.19. The Bertz CT molecular complexity index is 981. The second-order valence-corrected chi connectivity index (χ2v) is 7.11. The van der Waals surface area contributed by atoms with Crippen LogP contribution in [0, 0.1) is 11.3 Å². The van der Waals surface area contributed by atoms with E-state index in [2.05, 4.69) is 67.7 Å². The summed E-state index contributed by atoms with van der Waals surface area (Å²) in [7, 11) is 0. The molecule has 25 heavy (non-hydrogen) atoms. The topological polar surface area (TPSA) is 35.8 Å². The van der Waals surface area contributed by atoms with Crippen LogP contribution in [0.15, 0.2) is 78.0 Å². The second-order valence-electron chi connectivity index (χ2n) is 7.11. The molecule has 0 saturated heterocycles. The lowest BCUT2D eigenvalue weighted by Crippen LogP contribution is -2.15. The monoisotopic (exact) mass is 324 g/mol. The average molecular weight is 324 g/mol. The summed E-state index contributed by atoms with van der Waals surface area (Å²) in [4.78, 5) is 0. The summed E-state index contributed by atoms with van der Waals surface area (Å²) in [6.45, 7) is 4.57. The van der Waals surface area contributed by atoms with Gasteiger partial charge in [-0.25, -0.2) is 0 Å². The summed E-state index contributed by atoms with van der Waals surface area (Å²) < 4.78 is 0. The summed E-state index contributed by atoms with van der Waals surface area (Å²) in [5.41, 5.74) is 8.25. The lowest BCUT2D eigenvalue weighted by atomic mass is 9.82. The molecule has 0 unspecified atom stereocenters. The van der Waals surface area contributed by atoms with E-state index in [0.717, 1.165) is 17.0 Å². The van der Waals surface area contributed by atoms with Crippen molar-refractivity contribution in [1.29, 1.82) is 5.26 Å². The van der Waals surface area contributed by atoms with Gasteiger partial charge >= 0.3 is 0 Å². The molecule has 2 nitrogen and oxygen atoms in total. The van der Waals surface area contributed by atoms with E-state index in [9.17, 15) is 5.26 Å². The van der Waals surface area contributed by atoms with Gasteiger partial charge in [-0.1, -0.05) is 56.3 Å². The molecule has 0 heterocycles. The van der Waals surface area contributed by atoms with E-state index in [-0.39, 0.29) is 5.41 Å². The van der Waals surface area contributed by atoms with Gasteiger partial charge in [-0.05, 0) is 46.5 Å². The van der Waals surface area contributed by atoms with Gasteiger partial charge < -0.3 is 5.32 Å². The van der Waals surface area contributed by atoms with Crippen LogP contribution in [-0.2, 0) is 5.41 Å². The van der Waals surface area contributed by atoms with Gasteiger partial charge in [0, 0.05) is 28.8 Å². The number of nitrogens with one attached hydrogen (secondary N) is 1. The summed E-state index contributed by atoms with van der Waals surface area (Å²) in [6.07, 6.45) is 8.42. The molecule has 0 saturated carbocycles. The molecule has 0 aromatic heterocycles. The third-order valence-corrected chi connectivity index (χ3v) is 5.12. The van der Waals surface area contributed by atoms with E-state index in [1.165, 1.54) is 22.3 Å². The normalized spacial score (nSPS) is 16.8. The third kappa shape index (κ3) is 2.58. The van der Waals surface area contributed by atoms with E-state index in [4.69, 9.17) is 0 Å². The molecule has 2 aromatic carbocycles. The van der Waals surface area contributed by atoms with Crippen molar-refractivity contribution in [3.63, 3.8) is 0 Å². The molecule has 1 N–H and O–H groups in total. The molecule has 0 amide bonds. The maximum atomic E-state index is 9.19. The van der Waals surface area contributed by atoms with Gasteiger partial charge in [0.15, 0.2) is 0 Å². The average Bonchev–Trinajstić information content (AvgIpc) is 2.77. The number of allylic oxidation sites excluding steroid dienone is 5. The van der Waals surface area contributed by atoms with Crippen LogP contribution < -0.4 is 5.32 Å². The summed E-state index contributed by atoms with van der Waals surface area (Å²) in [6, 6.07) is 17.5. The number of anilines is 1. The van der Waals surface area contributed by atoms with Crippen LogP contribution >= 0.6 is 0 Å². The fourth-order valence-corrected chi connectivity index (χ4v) is 3.80. The van der Waals surface area contributed by atoms with Crippen LogP contribution in [0.1, 0.15) is 31.4 Å². The van der Waals surface area contributed by atoms with Gasteiger partial charge in [-0.15, -0.1) is 0 Å². The van der Waals surface area contributed by atoms with E-state index >= 15 is 0 Å². The number of hydrogen-bond acceptors (Lipinski definition) is 2. The standard InChI is InChI=1S/C23H20N2/c1-23(2)21-10-6-5-9-19(21)20-12-11-18(14-22(20)23)25-17-8-4-3-7-16(13-17)15-24/h3-12,14,25H,13H2,1-2H3. The zero-order chi connectivity index (χ0) is 17.4. The Morgan fingerprint density at radius 2 is 1.72 bits per heavy atom. The second kappa shape index (κ2) is 5.79. The Hall–Kier alpha value is -3.05. The highest BCUT2D eigenvalue weighted by atomic mass is 14.9. The van der Waals surface area contributed by atoms with E-state index in [0.29, 0.717) is 6.42 Å². The first kappa shape index (κ1) is 15.5. The molecule has 0 fully saturated rings. The minimum Gasteiger partial charge on any atom is -0.359 e. The largest absolute Gasteiger partial charge is 0.359 e. The molecule has 0 bridgehead atoms. The fraction of sp³-hybridized carbons (Fsp3) is 0.174. The van der Waals surface area contributed by atoms with Crippen molar-refractivity contribution in [3.8, 4) is 17.2 Å². The molecule has 0 spiro atoms. The van der Waals surface area contributed by atoms with Crippen molar-refractivity contribution >= 4 is 5.69 Å². The highest BCUT2D eigenvalue weighted by molar-refractivity contribution is 5.82. The Morgan fingerprint density at radius 3 is 2.56 bits per heavy atom. The van der Waals surface area contributed by atoms with Crippen LogP contribution in [0.2, 0.25) is 0 Å². The molecular formula is C23H20N2. The number of nitrogens with zero attached hydrogens (tertiary/aromatic N) is 1. The minimum atomic E-state index is -0.000921. The van der Waals surface area contributed by atoms with Gasteiger partial charge in [0.2, 0.25) is 0 Å². The molecule has 122 valence electrons. The van der Waals surface area contributed by atoms with Crippen molar-refractivity contribution in [3.05, 3.63) is 89.2 Å². The Kier molecular flexibility index (Phi) is 3.58. The third-order valence-electron chi connectivity index (χ3n) is 5.12. The summed E-state index contributed by atoms with van der Waals surface area (Å²) >= 11 is 0. The minimum absolute atomic E-state index is 0.000921. The molecule has 2 heteroatoms. The number of fused-ring (bicyclic) bond motifs is 3. The lowest BCUT2D eigenvalue weighted by molar-refractivity contribution is 0.660. The Morgan fingerprint density at radius 1 is 0.960 bits per heavy atom. The van der Waals surface area contributed by atoms with Crippen LogP contribution in [0.4, 0.5) is 5.69 Å². The highest BCUT2D eigenvalue weighted by Gasteiger charge is 2.35. The quantitative estimate of drug-likeness (QED) is 0.769. The van der Waals surface area contributed by atoms with Gasteiger partial charge in [-0.3, -0.25) is 0 Å². The molecule has 2 aliphatic carbocycles. The van der Waals surface area contributed by atoms with E-state index < -0.39 is 0 Å². The Labute approximate surface area is 148 Å². The first-order valence-corrected chi connectivity index (χ1v) is 8.57. The predicted molar refractivity (Wildman–Crippen MR) is 103 cm³/mol. The molecule has 0 radical (unpaired) electrons. The highest BCUT2D eigenvalue weighted by Crippen LogP contribution is 2.49. The van der Waals surface area contributed by atoms with Crippen LogP contribution in [0.5, 0.6) is 0 Å². The molecule has 2 aliphatic rings. The molecule has 4 rings (SSSR count). The number of hydrogen-bond donors (Lipinski definition) is 1. The Balaban J connectivity index is 1.69. The predicted octanol–water partition coefficient (Wildman–Crippen LogP) is 5.70. The van der Waals surface area contributed by atoms with Gasteiger partial charge in [0.1, 0.15) is 0 Å². The van der Waals surface area contributed by atoms with Crippen LogP contribution in [0.3, 0.4) is 0 Å². The zero-order valence-electron chi connectivity index (χ0n) is 14.5. The number of benzene rings is 2. The maximum Gasteiger partial charge on any atom is 0.0951 e. The molecule has 2 aromatic rings. The number of rotatable bonds is 2. The molecular weight excluding hydrogens is 304 g/mol. The van der Waals surface area contributed by atoms with Crippen LogP contribution in [0.25, 0.3) is 11.1 Å². The van der Waals surface area contributed by atoms with E-state index in [1.807, 2.05) is 24.3 Å². The smallest absolute Gasteiger partial charge is 0.0951 e. The summed E-state index contributed by atoms with van der Waals surface area (Å²) in [5.74, 6) is 0. The van der Waals surface area contributed by atoms with Gasteiger partial charge in [-0.2, -0.15) is 5.26 Å². The summed E-state index contributed by atoms with van der Waals surface area (Å²) in [5, 5.41) is 12.7. The molecule has 0 aliphatic heterocycles. The fourth-order valence-electron chi connectivity index (χ4n) is 3.80. The zero-order valence-corrected chi connectivity index (χ0v) is 14.5. The van der Waals surface area contributed by atoms with Crippen molar-refractivity contribution in [2.24, 2.45) is 0 Å².